The molecule has 1 aliphatic carbocycles. The molecular formula is C20H28N4O3. The molecule has 0 aromatic heterocycles. The molecule has 2 aliphatic rings. The van der Waals surface area contributed by atoms with Crippen molar-refractivity contribution in [2.24, 2.45) is 5.92 Å². The van der Waals surface area contributed by atoms with Crippen molar-refractivity contribution in [1.82, 2.24) is 20.7 Å². The molecule has 1 spiro atoms. The minimum absolute atomic E-state index is 0.0927. The molecule has 2 N–H and O–H groups in total. The van der Waals surface area contributed by atoms with Crippen LogP contribution >= 0.6 is 0 Å². The molecule has 2 fully saturated rings. The highest BCUT2D eigenvalue weighted by Crippen LogP contribution is 2.35. The van der Waals surface area contributed by atoms with Gasteiger partial charge in [0.05, 0.1) is 6.54 Å². The Hall–Kier alpha value is -2.41. The number of hydrogen-bond acceptors (Lipinski definition) is 4. The second kappa shape index (κ2) is 7.68. The highest BCUT2D eigenvalue weighted by atomic mass is 16.2. The molecule has 1 aromatic rings. The Morgan fingerprint density at radius 2 is 1.96 bits per heavy atom. The molecule has 7 nitrogen and oxygen atoms in total. The third-order valence-electron chi connectivity index (χ3n) is 5.64. The lowest BCUT2D eigenvalue weighted by Gasteiger charge is -2.33. The molecule has 0 radical (unpaired) electrons. The summed E-state index contributed by atoms with van der Waals surface area (Å²) in [5, 5.41) is 3.67. The topological polar surface area (TPSA) is 81.8 Å². The number of likely N-dealkylation sites (N-methyl/N-ethyl adjacent to an activating group) is 1. The molecule has 27 heavy (non-hydrogen) atoms. The Balaban J connectivity index is 1.57. The second-order valence-electron chi connectivity index (χ2n) is 7.97. The standard InChI is InChI=1S/C20H28N4O3/c1-14-8-10-20(11-9-14)18(26)24(19(27)21-20)22-17(25)13-23(3)12-16-7-5-4-6-15(16)2/h4-7,14H,8-13H2,1-3H3,(H,21,27)(H,22,25). The summed E-state index contributed by atoms with van der Waals surface area (Å²) in [6, 6.07) is 7.46. The van der Waals surface area contributed by atoms with E-state index in [4.69, 9.17) is 0 Å². The second-order valence-corrected chi connectivity index (χ2v) is 7.97. The lowest BCUT2D eigenvalue weighted by Crippen LogP contribution is -2.52. The number of urea groups is 1. The molecule has 1 saturated heterocycles. The Morgan fingerprint density at radius 3 is 2.63 bits per heavy atom. The third kappa shape index (κ3) is 4.13. The first-order valence-corrected chi connectivity index (χ1v) is 9.50. The average Bonchev–Trinajstić information content (AvgIpc) is 2.84. The molecule has 3 rings (SSSR count). The molecule has 7 heteroatoms. The zero-order valence-corrected chi connectivity index (χ0v) is 16.2. The summed E-state index contributed by atoms with van der Waals surface area (Å²) in [6.07, 6.45) is 3.04. The van der Waals surface area contributed by atoms with Crippen molar-refractivity contribution in [3.8, 4) is 0 Å². The van der Waals surface area contributed by atoms with Gasteiger partial charge in [0.15, 0.2) is 0 Å². The molecule has 1 heterocycles. The molecule has 146 valence electrons. The van der Waals surface area contributed by atoms with Crippen LogP contribution in [0.5, 0.6) is 0 Å². The summed E-state index contributed by atoms with van der Waals surface area (Å²) in [5.74, 6) is -0.163. The minimum atomic E-state index is -0.843. The van der Waals surface area contributed by atoms with Crippen molar-refractivity contribution < 1.29 is 14.4 Å². The lowest BCUT2D eigenvalue weighted by atomic mass is 9.77. The molecular weight excluding hydrogens is 344 g/mol. The number of nitrogens with zero attached hydrogens (tertiary/aromatic N) is 2. The van der Waals surface area contributed by atoms with Crippen molar-refractivity contribution in [2.45, 2.75) is 51.6 Å². The van der Waals surface area contributed by atoms with Crippen molar-refractivity contribution in [1.29, 1.82) is 0 Å². The third-order valence-corrected chi connectivity index (χ3v) is 5.64. The normalized spacial score (nSPS) is 25.2. The Labute approximate surface area is 160 Å². The quantitative estimate of drug-likeness (QED) is 0.774. The van der Waals surface area contributed by atoms with Crippen molar-refractivity contribution in [2.75, 3.05) is 13.6 Å². The number of nitrogens with one attached hydrogen (secondary N) is 2. The van der Waals surface area contributed by atoms with Crippen molar-refractivity contribution in [3.63, 3.8) is 0 Å². The van der Waals surface area contributed by atoms with E-state index in [2.05, 4.69) is 17.7 Å². The largest absolute Gasteiger partial charge is 0.344 e. The summed E-state index contributed by atoms with van der Waals surface area (Å²) in [5.41, 5.74) is 3.94. The first-order chi connectivity index (χ1) is 12.8. The van der Waals surface area contributed by atoms with Gasteiger partial charge < -0.3 is 5.32 Å². The first kappa shape index (κ1) is 19.4. The van der Waals surface area contributed by atoms with Crippen LogP contribution in [0.4, 0.5) is 4.79 Å². The number of benzene rings is 1. The van der Waals surface area contributed by atoms with E-state index in [0.29, 0.717) is 25.3 Å². The fraction of sp³-hybridized carbons (Fsp3) is 0.550. The molecule has 4 amide bonds. The molecule has 0 atom stereocenters. The maximum atomic E-state index is 12.8. The Kier molecular flexibility index (Phi) is 5.51. The predicted octanol–water partition coefficient (Wildman–Crippen LogP) is 1.96. The van der Waals surface area contributed by atoms with E-state index in [1.807, 2.05) is 43.1 Å². The van der Waals surface area contributed by atoms with Crippen LogP contribution in [-0.2, 0) is 16.1 Å². The van der Waals surface area contributed by atoms with Crippen LogP contribution in [0.2, 0.25) is 0 Å². The Bertz CT molecular complexity index is 740. The first-order valence-electron chi connectivity index (χ1n) is 9.50. The highest BCUT2D eigenvalue weighted by molar-refractivity contribution is 6.08. The van der Waals surface area contributed by atoms with Crippen molar-refractivity contribution in [3.05, 3.63) is 35.4 Å². The van der Waals surface area contributed by atoms with E-state index in [1.54, 1.807) is 0 Å². The fourth-order valence-electron chi connectivity index (χ4n) is 3.86. The molecule has 0 unspecified atom stereocenters. The summed E-state index contributed by atoms with van der Waals surface area (Å²) >= 11 is 0. The van der Waals surface area contributed by atoms with E-state index in [0.717, 1.165) is 29.0 Å². The van der Waals surface area contributed by atoms with Gasteiger partial charge in [-0.2, -0.15) is 5.01 Å². The molecule has 1 saturated carbocycles. The number of imide groups is 1. The van der Waals surface area contributed by atoms with E-state index >= 15 is 0 Å². The van der Waals surface area contributed by atoms with Gasteiger partial charge >= 0.3 is 6.03 Å². The van der Waals surface area contributed by atoms with E-state index < -0.39 is 11.6 Å². The number of aryl methyl sites for hydroxylation is 1. The molecule has 1 aromatic carbocycles. The van der Waals surface area contributed by atoms with Crippen LogP contribution in [0, 0.1) is 12.8 Å². The van der Waals surface area contributed by atoms with Crippen LogP contribution < -0.4 is 10.7 Å². The number of amides is 4. The average molecular weight is 372 g/mol. The monoisotopic (exact) mass is 372 g/mol. The van der Waals surface area contributed by atoms with Gasteiger partial charge in [-0.05, 0) is 56.7 Å². The number of rotatable bonds is 5. The Morgan fingerprint density at radius 1 is 1.30 bits per heavy atom. The summed E-state index contributed by atoms with van der Waals surface area (Å²) in [6.45, 7) is 4.89. The van der Waals surface area contributed by atoms with Gasteiger partial charge in [-0.25, -0.2) is 4.79 Å². The van der Waals surface area contributed by atoms with E-state index in [1.165, 1.54) is 0 Å². The maximum absolute atomic E-state index is 12.8. The van der Waals surface area contributed by atoms with Gasteiger partial charge in [0, 0.05) is 6.54 Å². The van der Waals surface area contributed by atoms with Crippen LogP contribution in [-0.4, -0.2) is 46.9 Å². The molecule has 0 bridgehead atoms. The van der Waals surface area contributed by atoms with Crippen molar-refractivity contribution >= 4 is 17.8 Å². The fourth-order valence-corrected chi connectivity index (χ4v) is 3.86. The number of carbonyl (C=O) groups is 3. The lowest BCUT2D eigenvalue weighted by molar-refractivity contribution is -0.140. The van der Waals surface area contributed by atoms with Gasteiger partial charge in [-0.15, -0.1) is 0 Å². The van der Waals surface area contributed by atoms with Crippen LogP contribution in [0.3, 0.4) is 0 Å². The van der Waals surface area contributed by atoms with Gasteiger partial charge in [-0.1, -0.05) is 31.2 Å². The predicted molar refractivity (Wildman–Crippen MR) is 101 cm³/mol. The highest BCUT2D eigenvalue weighted by Gasteiger charge is 2.52. The summed E-state index contributed by atoms with van der Waals surface area (Å²) in [4.78, 5) is 39.3. The zero-order chi connectivity index (χ0) is 19.6. The van der Waals surface area contributed by atoms with Crippen LogP contribution in [0.25, 0.3) is 0 Å². The van der Waals surface area contributed by atoms with Gasteiger partial charge in [0.25, 0.3) is 11.8 Å². The number of hydrazine groups is 1. The summed E-state index contributed by atoms with van der Waals surface area (Å²) < 4.78 is 0. The van der Waals surface area contributed by atoms with E-state index in [-0.39, 0.29) is 18.4 Å². The van der Waals surface area contributed by atoms with Gasteiger partial charge in [0.1, 0.15) is 5.54 Å². The maximum Gasteiger partial charge on any atom is 0.344 e. The zero-order valence-electron chi connectivity index (χ0n) is 16.2. The van der Waals surface area contributed by atoms with Gasteiger partial charge in [-0.3, -0.25) is 19.9 Å². The smallest absolute Gasteiger partial charge is 0.322 e. The van der Waals surface area contributed by atoms with Crippen LogP contribution in [0.1, 0.15) is 43.7 Å². The summed E-state index contributed by atoms with van der Waals surface area (Å²) in [7, 11) is 1.84. The number of hydrogen-bond donors (Lipinski definition) is 2. The SMILES string of the molecule is Cc1ccccc1CN(C)CC(=O)NN1C(=O)NC2(CCC(C)CC2)C1=O. The minimum Gasteiger partial charge on any atom is -0.322 e. The molecule has 1 aliphatic heterocycles. The van der Waals surface area contributed by atoms with Gasteiger partial charge in [0.2, 0.25) is 0 Å². The van der Waals surface area contributed by atoms with Crippen LogP contribution in [0.15, 0.2) is 24.3 Å². The number of carbonyl (C=O) groups excluding carboxylic acids is 3. The van der Waals surface area contributed by atoms with E-state index in [9.17, 15) is 14.4 Å².